The highest BCUT2D eigenvalue weighted by atomic mass is 16.5. The second-order valence-corrected chi connectivity index (χ2v) is 6.31. The normalized spacial score (nSPS) is 21.9. The number of nitrogen functional groups attached to an aromatic ring is 1. The molecule has 2 fully saturated rings. The SMILES string of the molecule is COc1ccc(N)c(N2CCC3(CCCCC3)CC2)n1. The number of piperidine rings is 1. The van der Waals surface area contributed by atoms with E-state index in [0.29, 0.717) is 11.3 Å². The zero-order valence-corrected chi connectivity index (χ0v) is 12.4. The Morgan fingerprint density at radius 1 is 1.10 bits per heavy atom. The number of hydrogen-bond acceptors (Lipinski definition) is 4. The standard InChI is InChI=1S/C16H25N3O/c1-20-14-6-5-13(17)15(18-14)19-11-9-16(10-12-19)7-3-2-4-8-16/h5-6H,2-4,7-12,17H2,1H3. The molecular weight excluding hydrogens is 250 g/mol. The lowest BCUT2D eigenvalue weighted by atomic mass is 9.68. The lowest BCUT2D eigenvalue weighted by molar-refractivity contribution is 0.144. The first-order chi connectivity index (χ1) is 9.72. The number of nitrogens with two attached hydrogens (primary N) is 1. The monoisotopic (exact) mass is 275 g/mol. The summed E-state index contributed by atoms with van der Waals surface area (Å²) in [6.45, 7) is 2.15. The van der Waals surface area contributed by atoms with E-state index in [2.05, 4.69) is 9.88 Å². The van der Waals surface area contributed by atoms with Gasteiger partial charge in [0.15, 0.2) is 5.82 Å². The van der Waals surface area contributed by atoms with Gasteiger partial charge in [-0.15, -0.1) is 0 Å². The predicted octanol–water partition coefficient (Wildman–Crippen LogP) is 3.22. The molecule has 1 aliphatic heterocycles. The van der Waals surface area contributed by atoms with Crippen molar-refractivity contribution < 1.29 is 4.74 Å². The maximum absolute atomic E-state index is 6.09. The fourth-order valence-corrected chi connectivity index (χ4v) is 3.80. The number of anilines is 2. The lowest BCUT2D eigenvalue weighted by Crippen LogP contribution is -2.41. The summed E-state index contributed by atoms with van der Waals surface area (Å²) >= 11 is 0. The highest BCUT2D eigenvalue weighted by Crippen LogP contribution is 2.45. The zero-order valence-electron chi connectivity index (χ0n) is 12.4. The molecule has 2 heterocycles. The molecule has 1 spiro atoms. The summed E-state index contributed by atoms with van der Waals surface area (Å²) in [5.74, 6) is 1.54. The van der Waals surface area contributed by atoms with Gasteiger partial charge >= 0.3 is 0 Å². The topological polar surface area (TPSA) is 51.4 Å². The third-order valence-corrected chi connectivity index (χ3v) is 5.13. The van der Waals surface area contributed by atoms with Crippen LogP contribution >= 0.6 is 0 Å². The van der Waals surface area contributed by atoms with Crippen molar-refractivity contribution >= 4 is 11.5 Å². The molecule has 1 aromatic heterocycles. The van der Waals surface area contributed by atoms with Crippen LogP contribution in [0.3, 0.4) is 0 Å². The molecule has 20 heavy (non-hydrogen) atoms. The van der Waals surface area contributed by atoms with Gasteiger partial charge < -0.3 is 15.4 Å². The van der Waals surface area contributed by atoms with E-state index in [1.54, 1.807) is 7.11 Å². The molecule has 3 rings (SSSR count). The van der Waals surface area contributed by atoms with Crippen LogP contribution in [0, 0.1) is 5.41 Å². The minimum absolute atomic E-state index is 0.613. The smallest absolute Gasteiger partial charge is 0.215 e. The zero-order chi connectivity index (χ0) is 14.0. The Morgan fingerprint density at radius 3 is 2.45 bits per heavy atom. The number of hydrogen-bond donors (Lipinski definition) is 1. The third-order valence-electron chi connectivity index (χ3n) is 5.13. The van der Waals surface area contributed by atoms with Crippen LogP contribution in [0.4, 0.5) is 11.5 Å². The van der Waals surface area contributed by atoms with Crippen LogP contribution in [0.1, 0.15) is 44.9 Å². The fourth-order valence-electron chi connectivity index (χ4n) is 3.80. The van der Waals surface area contributed by atoms with E-state index in [1.165, 1.54) is 44.9 Å². The minimum Gasteiger partial charge on any atom is -0.481 e. The van der Waals surface area contributed by atoms with Gasteiger partial charge in [0.2, 0.25) is 5.88 Å². The van der Waals surface area contributed by atoms with Crippen LogP contribution in [0.15, 0.2) is 12.1 Å². The van der Waals surface area contributed by atoms with Gasteiger partial charge in [0.1, 0.15) is 0 Å². The van der Waals surface area contributed by atoms with Crippen molar-refractivity contribution in [3.05, 3.63) is 12.1 Å². The van der Waals surface area contributed by atoms with Gasteiger partial charge in [0.05, 0.1) is 12.8 Å². The molecule has 110 valence electrons. The number of ether oxygens (including phenoxy) is 1. The van der Waals surface area contributed by atoms with Gasteiger partial charge in [0.25, 0.3) is 0 Å². The Bertz CT molecular complexity index is 459. The molecular formula is C16H25N3O. The van der Waals surface area contributed by atoms with E-state index in [-0.39, 0.29) is 0 Å². The largest absolute Gasteiger partial charge is 0.481 e. The predicted molar refractivity (Wildman–Crippen MR) is 82.2 cm³/mol. The summed E-state index contributed by atoms with van der Waals surface area (Å²) in [7, 11) is 1.65. The Morgan fingerprint density at radius 2 is 1.80 bits per heavy atom. The van der Waals surface area contributed by atoms with E-state index in [9.17, 15) is 0 Å². The Kier molecular flexibility index (Phi) is 3.72. The second-order valence-electron chi connectivity index (χ2n) is 6.31. The summed E-state index contributed by atoms with van der Waals surface area (Å²) < 4.78 is 5.22. The Hall–Kier alpha value is -1.45. The van der Waals surface area contributed by atoms with Crippen molar-refractivity contribution in [1.82, 2.24) is 4.98 Å². The molecule has 1 saturated carbocycles. The van der Waals surface area contributed by atoms with E-state index >= 15 is 0 Å². The quantitative estimate of drug-likeness (QED) is 0.900. The number of nitrogens with zero attached hydrogens (tertiary/aromatic N) is 2. The van der Waals surface area contributed by atoms with E-state index < -0.39 is 0 Å². The van der Waals surface area contributed by atoms with E-state index in [4.69, 9.17) is 10.5 Å². The summed E-state index contributed by atoms with van der Waals surface area (Å²) in [6.07, 6.45) is 9.66. The van der Waals surface area contributed by atoms with Crippen LogP contribution in [-0.2, 0) is 0 Å². The molecule has 0 bridgehead atoms. The first-order valence-corrected chi connectivity index (χ1v) is 7.78. The number of aromatic nitrogens is 1. The molecule has 0 unspecified atom stereocenters. The van der Waals surface area contributed by atoms with Crippen molar-refractivity contribution in [2.45, 2.75) is 44.9 Å². The minimum atomic E-state index is 0.613. The summed E-state index contributed by atoms with van der Waals surface area (Å²) in [5.41, 5.74) is 7.45. The summed E-state index contributed by atoms with van der Waals surface area (Å²) in [5, 5.41) is 0. The van der Waals surface area contributed by atoms with Gasteiger partial charge in [0, 0.05) is 19.2 Å². The maximum Gasteiger partial charge on any atom is 0.215 e. The van der Waals surface area contributed by atoms with Crippen LogP contribution in [0.5, 0.6) is 5.88 Å². The van der Waals surface area contributed by atoms with Crippen LogP contribution in [0.25, 0.3) is 0 Å². The van der Waals surface area contributed by atoms with E-state index in [0.717, 1.165) is 24.6 Å². The van der Waals surface area contributed by atoms with Gasteiger partial charge in [-0.3, -0.25) is 0 Å². The molecule has 0 radical (unpaired) electrons. The van der Waals surface area contributed by atoms with Gasteiger partial charge in [-0.1, -0.05) is 19.3 Å². The first kappa shape index (κ1) is 13.5. The maximum atomic E-state index is 6.09. The molecule has 0 aromatic carbocycles. The highest BCUT2D eigenvalue weighted by molar-refractivity contribution is 5.63. The average molecular weight is 275 g/mol. The van der Waals surface area contributed by atoms with Crippen LogP contribution in [0.2, 0.25) is 0 Å². The van der Waals surface area contributed by atoms with Crippen molar-refractivity contribution in [2.24, 2.45) is 5.41 Å². The van der Waals surface area contributed by atoms with Crippen molar-refractivity contribution in [3.63, 3.8) is 0 Å². The van der Waals surface area contributed by atoms with Gasteiger partial charge in [-0.25, -0.2) is 0 Å². The van der Waals surface area contributed by atoms with Crippen molar-refractivity contribution in [2.75, 3.05) is 30.8 Å². The molecule has 2 N–H and O–H groups in total. The Labute approximate surface area is 121 Å². The molecule has 1 saturated heterocycles. The third kappa shape index (κ3) is 2.56. The number of pyridine rings is 1. The van der Waals surface area contributed by atoms with Gasteiger partial charge in [-0.2, -0.15) is 4.98 Å². The molecule has 0 amide bonds. The summed E-state index contributed by atoms with van der Waals surface area (Å²) in [4.78, 5) is 6.86. The molecule has 2 aliphatic rings. The highest BCUT2D eigenvalue weighted by Gasteiger charge is 2.36. The molecule has 4 nitrogen and oxygen atoms in total. The summed E-state index contributed by atoms with van der Waals surface area (Å²) in [6, 6.07) is 3.72. The fraction of sp³-hybridized carbons (Fsp3) is 0.688. The number of methoxy groups -OCH3 is 1. The average Bonchev–Trinajstić information content (AvgIpc) is 2.50. The Balaban J connectivity index is 1.71. The molecule has 1 aromatic rings. The lowest BCUT2D eigenvalue weighted by Gasteiger charge is -2.44. The van der Waals surface area contributed by atoms with Gasteiger partial charge in [-0.05, 0) is 37.2 Å². The second kappa shape index (κ2) is 5.51. The molecule has 4 heteroatoms. The first-order valence-electron chi connectivity index (χ1n) is 7.78. The van der Waals surface area contributed by atoms with E-state index in [1.807, 2.05) is 12.1 Å². The van der Waals surface area contributed by atoms with Crippen molar-refractivity contribution in [3.8, 4) is 5.88 Å². The number of rotatable bonds is 2. The molecule has 0 atom stereocenters. The van der Waals surface area contributed by atoms with Crippen molar-refractivity contribution in [1.29, 1.82) is 0 Å². The molecule has 1 aliphatic carbocycles. The van der Waals surface area contributed by atoms with Crippen LogP contribution in [-0.4, -0.2) is 25.2 Å². The van der Waals surface area contributed by atoms with Crippen LogP contribution < -0.4 is 15.4 Å².